The molecule has 0 saturated carbocycles. The maximum atomic E-state index is 4.62. The summed E-state index contributed by atoms with van der Waals surface area (Å²) in [6, 6.07) is 24.9. The van der Waals surface area contributed by atoms with Crippen LogP contribution in [-0.2, 0) is 0 Å². The smallest absolute Gasteiger partial charge is 0.0721 e. The van der Waals surface area contributed by atoms with Gasteiger partial charge >= 0.3 is 0 Å². The molecule has 1 aromatic heterocycles. The molecule has 0 aliphatic rings. The van der Waals surface area contributed by atoms with Gasteiger partial charge in [0.2, 0.25) is 0 Å². The van der Waals surface area contributed by atoms with Crippen LogP contribution in [0.3, 0.4) is 0 Å². The highest BCUT2D eigenvalue weighted by molar-refractivity contribution is 5.83. The fraction of sp³-hybridized carbons (Fsp3) is 0.182. The molecule has 0 aliphatic carbocycles. The number of hydrogen-bond acceptors (Lipinski definition) is 2. The minimum atomic E-state index is 0.139. The second-order valence-corrected chi connectivity index (χ2v) is 6.10. The summed E-state index contributed by atoms with van der Waals surface area (Å²) in [6.07, 6.45) is 3.77. The molecule has 126 valence electrons. The number of aliphatic imine (C=N–C) groups is 2. The first kappa shape index (κ1) is 16.9. The van der Waals surface area contributed by atoms with E-state index < -0.39 is 0 Å². The molecule has 0 radical (unpaired) electrons. The van der Waals surface area contributed by atoms with E-state index in [-0.39, 0.29) is 12.1 Å². The predicted octanol–water partition coefficient (Wildman–Crippen LogP) is 5.37. The van der Waals surface area contributed by atoms with Crippen molar-refractivity contribution in [2.45, 2.75) is 25.9 Å². The van der Waals surface area contributed by atoms with Crippen LogP contribution in [0.2, 0.25) is 0 Å². The maximum absolute atomic E-state index is 4.62. The minimum Gasteiger partial charge on any atom is -0.353 e. The topological polar surface area (TPSA) is 40.5 Å². The van der Waals surface area contributed by atoms with E-state index in [2.05, 4.69) is 53.1 Å². The summed E-state index contributed by atoms with van der Waals surface area (Å²) in [5.74, 6) is 0. The second kappa shape index (κ2) is 8.25. The molecule has 3 nitrogen and oxygen atoms in total. The van der Waals surface area contributed by atoms with Gasteiger partial charge in [0.25, 0.3) is 0 Å². The van der Waals surface area contributed by atoms with E-state index in [1.54, 1.807) is 0 Å². The molecule has 0 amide bonds. The lowest BCUT2D eigenvalue weighted by Gasteiger charge is -2.05. The van der Waals surface area contributed by atoms with Gasteiger partial charge in [-0.05, 0) is 37.1 Å². The maximum Gasteiger partial charge on any atom is 0.0721 e. The lowest BCUT2D eigenvalue weighted by atomic mass is 10.1. The van der Waals surface area contributed by atoms with E-state index in [9.17, 15) is 0 Å². The van der Waals surface area contributed by atoms with Crippen LogP contribution in [-0.4, -0.2) is 17.4 Å². The summed E-state index contributed by atoms with van der Waals surface area (Å²) in [6.45, 7) is 4.19. The average Bonchev–Trinajstić information content (AvgIpc) is 3.13. The summed E-state index contributed by atoms with van der Waals surface area (Å²) in [7, 11) is 0. The third kappa shape index (κ3) is 4.77. The lowest BCUT2D eigenvalue weighted by Crippen LogP contribution is -1.92. The number of H-pyrrole nitrogens is 1. The van der Waals surface area contributed by atoms with Gasteiger partial charge < -0.3 is 4.98 Å². The standard InChI is InChI=1S/C22H23N3/c1-17(19-9-5-3-6-10-19)23-15-21-13-14-22(25-21)16-24-18(2)20-11-7-4-8-12-20/h3-18,25H,1-2H3/t17-,18-/m1/s1. The van der Waals surface area contributed by atoms with Gasteiger partial charge in [-0.15, -0.1) is 0 Å². The first-order valence-corrected chi connectivity index (χ1v) is 8.57. The van der Waals surface area contributed by atoms with E-state index in [0.717, 1.165) is 11.4 Å². The largest absolute Gasteiger partial charge is 0.353 e. The lowest BCUT2D eigenvalue weighted by molar-refractivity contribution is 0.824. The van der Waals surface area contributed by atoms with E-state index in [1.165, 1.54) is 11.1 Å². The van der Waals surface area contributed by atoms with Crippen LogP contribution in [0, 0.1) is 0 Å². The van der Waals surface area contributed by atoms with Gasteiger partial charge in [0.15, 0.2) is 0 Å². The third-order valence-corrected chi connectivity index (χ3v) is 4.17. The first-order valence-electron chi connectivity index (χ1n) is 8.57. The molecule has 1 heterocycles. The SMILES string of the molecule is C[C@@H](N=Cc1ccc(C=N[C@H](C)c2ccccc2)[nH]1)c1ccccc1. The van der Waals surface area contributed by atoms with Crippen LogP contribution in [0.25, 0.3) is 0 Å². The van der Waals surface area contributed by atoms with Gasteiger partial charge in [-0.1, -0.05) is 60.7 Å². The quantitative estimate of drug-likeness (QED) is 0.590. The van der Waals surface area contributed by atoms with Crippen molar-refractivity contribution in [2.24, 2.45) is 9.98 Å². The number of nitrogens with zero attached hydrogens (tertiary/aromatic N) is 2. The first-order chi connectivity index (χ1) is 12.2. The van der Waals surface area contributed by atoms with Crippen LogP contribution in [0.4, 0.5) is 0 Å². The van der Waals surface area contributed by atoms with E-state index in [4.69, 9.17) is 0 Å². The molecule has 0 saturated heterocycles. The minimum absolute atomic E-state index is 0.139. The zero-order valence-electron chi connectivity index (χ0n) is 14.6. The number of nitrogens with one attached hydrogen (secondary N) is 1. The zero-order valence-corrected chi connectivity index (χ0v) is 14.6. The molecular weight excluding hydrogens is 306 g/mol. The molecule has 2 atom stereocenters. The zero-order chi connectivity index (χ0) is 17.5. The Kier molecular flexibility index (Phi) is 5.57. The molecule has 25 heavy (non-hydrogen) atoms. The highest BCUT2D eigenvalue weighted by Crippen LogP contribution is 2.16. The second-order valence-electron chi connectivity index (χ2n) is 6.10. The average molecular weight is 329 g/mol. The summed E-state index contributed by atoms with van der Waals surface area (Å²) in [5, 5.41) is 0. The molecule has 0 bridgehead atoms. The van der Waals surface area contributed by atoms with Crippen molar-refractivity contribution in [2.75, 3.05) is 0 Å². The molecule has 2 aromatic carbocycles. The monoisotopic (exact) mass is 329 g/mol. The van der Waals surface area contributed by atoms with Crippen LogP contribution in [0.1, 0.15) is 48.4 Å². The van der Waals surface area contributed by atoms with E-state index in [1.807, 2.05) is 61.0 Å². The molecule has 0 fully saturated rings. The van der Waals surface area contributed by atoms with Crippen molar-refractivity contribution in [3.63, 3.8) is 0 Å². The summed E-state index contributed by atoms with van der Waals surface area (Å²) >= 11 is 0. The van der Waals surface area contributed by atoms with Crippen molar-refractivity contribution >= 4 is 12.4 Å². The highest BCUT2D eigenvalue weighted by atomic mass is 14.8. The van der Waals surface area contributed by atoms with Crippen molar-refractivity contribution in [3.8, 4) is 0 Å². The van der Waals surface area contributed by atoms with E-state index in [0.29, 0.717) is 0 Å². The van der Waals surface area contributed by atoms with Gasteiger partial charge in [0, 0.05) is 12.4 Å². The third-order valence-electron chi connectivity index (χ3n) is 4.17. The summed E-state index contributed by atoms with van der Waals surface area (Å²) in [5.41, 5.74) is 4.39. The Morgan fingerprint density at radius 3 is 1.44 bits per heavy atom. The molecule has 1 N–H and O–H groups in total. The normalized spacial score (nSPS) is 14.2. The number of rotatable bonds is 6. The number of benzene rings is 2. The molecule has 0 aliphatic heterocycles. The van der Waals surface area contributed by atoms with Gasteiger partial charge in [0.1, 0.15) is 0 Å². The predicted molar refractivity (Wildman–Crippen MR) is 106 cm³/mol. The Morgan fingerprint density at radius 2 is 1.04 bits per heavy atom. The summed E-state index contributed by atoms with van der Waals surface area (Å²) < 4.78 is 0. The van der Waals surface area contributed by atoms with Gasteiger partial charge in [-0.3, -0.25) is 9.98 Å². The fourth-order valence-electron chi connectivity index (χ4n) is 2.60. The molecule has 3 heteroatoms. The Labute approximate surface area is 149 Å². The van der Waals surface area contributed by atoms with Crippen molar-refractivity contribution in [1.82, 2.24) is 4.98 Å². The van der Waals surface area contributed by atoms with Crippen LogP contribution >= 0.6 is 0 Å². The van der Waals surface area contributed by atoms with Crippen molar-refractivity contribution in [1.29, 1.82) is 0 Å². The van der Waals surface area contributed by atoms with Gasteiger partial charge in [0.05, 0.1) is 23.5 Å². The van der Waals surface area contributed by atoms with Crippen LogP contribution < -0.4 is 0 Å². The Balaban J connectivity index is 1.62. The Bertz CT molecular complexity index is 762. The number of hydrogen-bond donors (Lipinski definition) is 1. The van der Waals surface area contributed by atoms with Crippen molar-refractivity contribution < 1.29 is 0 Å². The molecule has 0 unspecified atom stereocenters. The highest BCUT2D eigenvalue weighted by Gasteiger charge is 2.02. The van der Waals surface area contributed by atoms with Crippen LogP contribution in [0.15, 0.2) is 82.8 Å². The summed E-state index contributed by atoms with van der Waals surface area (Å²) in [4.78, 5) is 12.6. The molecule has 3 aromatic rings. The van der Waals surface area contributed by atoms with Crippen molar-refractivity contribution in [3.05, 3.63) is 95.3 Å². The fourth-order valence-corrected chi connectivity index (χ4v) is 2.60. The van der Waals surface area contributed by atoms with E-state index >= 15 is 0 Å². The number of aromatic nitrogens is 1. The molecule has 3 rings (SSSR count). The van der Waals surface area contributed by atoms with Gasteiger partial charge in [-0.2, -0.15) is 0 Å². The Hall–Kier alpha value is -2.94. The molecule has 0 spiro atoms. The number of aromatic amines is 1. The van der Waals surface area contributed by atoms with Gasteiger partial charge in [-0.25, -0.2) is 0 Å². The van der Waals surface area contributed by atoms with Crippen LogP contribution in [0.5, 0.6) is 0 Å². The Morgan fingerprint density at radius 1 is 0.640 bits per heavy atom. The molecular formula is C22H23N3.